The zero-order valence-corrected chi connectivity index (χ0v) is 18.4. The fourth-order valence-electron chi connectivity index (χ4n) is 5.25. The molecule has 3 nitrogen and oxygen atoms in total. The normalized spacial score (nSPS) is 25.8. The van der Waals surface area contributed by atoms with E-state index in [9.17, 15) is 0 Å². The summed E-state index contributed by atoms with van der Waals surface area (Å²) in [5.74, 6) is 0. The van der Waals surface area contributed by atoms with Gasteiger partial charge in [0.05, 0.1) is 11.2 Å². The van der Waals surface area contributed by atoms with Crippen molar-refractivity contribution in [2.45, 2.75) is 115 Å². The summed E-state index contributed by atoms with van der Waals surface area (Å²) >= 11 is 0. The van der Waals surface area contributed by atoms with E-state index in [1.54, 1.807) is 0 Å². The van der Waals surface area contributed by atoms with Gasteiger partial charge in [0.25, 0.3) is 0 Å². The minimum atomic E-state index is -0.292. The quantitative estimate of drug-likeness (QED) is 0.645. The molecule has 4 rings (SSSR count). The molecule has 1 aromatic rings. The fourth-order valence-corrected chi connectivity index (χ4v) is 5.25. The third kappa shape index (κ3) is 4.00. The molecule has 154 valence electrons. The lowest BCUT2D eigenvalue weighted by atomic mass is 9.78. The lowest BCUT2D eigenvalue weighted by molar-refractivity contribution is 0.00578. The van der Waals surface area contributed by atoms with E-state index in [0.29, 0.717) is 12.1 Å². The first kappa shape index (κ1) is 20.3. The van der Waals surface area contributed by atoms with Crippen LogP contribution in [0.1, 0.15) is 91.9 Å². The molecule has 0 amide bonds. The number of nitrogens with zero attached hydrogens (tertiary/aromatic N) is 1. The van der Waals surface area contributed by atoms with Gasteiger partial charge in [-0.25, -0.2) is 0 Å². The summed E-state index contributed by atoms with van der Waals surface area (Å²) < 4.78 is 12.7. The molecule has 0 aromatic heterocycles. The van der Waals surface area contributed by atoms with Crippen molar-refractivity contribution in [3.05, 3.63) is 24.3 Å². The van der Waals surface area contributed by atoms with Crippen molar-refractivity contribution in [2.24, 2.45) is 0 Å². The van der Waals surface area contributed by atoms with Crippen LogP contribution in [0, 0.1) is 0 Å². The maximum atomic E-state index is 6.34. The van der Waals surface area contributed by atoms with Crippen molar-refractivity contribution in [3.63, 3.8) is 0 Å². The molecule has 1 aromatic carbocycles. The zero-order chi connectivity index (χ0) is 19.8. The van der Waals surface area contributed by atoms with Gasteiger partial charge < -0.3 is 14.2 Å². The van der Waals surface area contributed by atoms with Crippen LogP contribution in [0.15, 0.2) is 24.3 Å². The van der Waals surface area contributed by atoms with Crippen molar-refractivity contribution in [3.8, 4) is 0 Å². The van der Waals surface area contributed by atoms with Gasteiger partial charge in [-0.1, -0.05) is 50.7 Å². The third-order valence-corrected chi connectivity index (χ3v) is 7.63. The summed E-state index contributed by atoms with van der Waals surface area (Å²) in [6.45, 7) is 8.53. The Labute approximate surface area is 172 Å². The number of rotatable bonds is 4. The predicted octanol–water partition coefficient (Wildman–Crippen LogP) is 5.46. The van der Waals surface area contributed by atoms with Crippen molar-refractivity contribution < 1.29 is 9.31 Å². The summed E-state index contributed by atoms with van der Waals surface area (Å²) in [5.41, 5.74) is 1.96. The Kier molecular flexibility index (Phi) is 5.82. The summed E-state index contributed by atoms with van der Waals surface area (Å²) in [7, 11) is -0.274. The van der Waals surface area contributed by atoms with Crippen molar-refractivity contribution in [2.75, 3.05) is 4.90 Å². The van der Waals surface area contributed by atoms with Crippen LogP contribution in [0.3, 0.4) is 0 Å². The second-order valence-electron chi connectivity index (χ2n) is 10.2. The molecule has 0 N–H and O–H groups in total. The highest BCUT2D eigenvalue weighted by Crippen LogP contribution is 2.37. The molecular weight excluding hydrogens is 345 g/mol. The van der Waals surface area contributed by atoms with Gasteiger partial charge in [0.2, 0.25) is 0 Å². The van der Waals surface area contributed by atoms with Gasteiger partial charge in [-0.3, -0.25) is 0 Å². The van der Waals surface area contributed by atoms with Crippen molar-refractivity contribution >= 4 is 18.3 Å². The Morgan fingerprint density at radius 3 is 1.79 bits per heavy atom. The van der Waals surface area contributed by atoms with Crippen LogP contribution in [0.4, 0.5) is 5.69 Å². The maximum Gasteiger partial charge on any atom is 0.494 e. The van der Waals surface area contributed by atoms with Crippen LogP contribution < -0.4 is 10.4 Å². The molecule has 4 heteroatoms. The average Bonchev–Trinajstić information content (AvgIpc) is 2.91. The van der Waals surface area contributed by atoms with Crippen LogP contribution in [-0.2, 0) is 9.31 Å². The number of hydrogen-bond donors (Lipinski definition) is 0. The summed E-state index contributed by atoms with van der Waals surface area (Å²) in [6, 6.07) is 10.4. The van der Waals surface area contributed by atoms with Gasteiger partial charge in [0, 0.05) is 17.8 Å². The van der Waals surface area contributed by atoms with E-state index in [1.807, 2.05) is 0 Å². The average molecular weight is 383 g/mol. The van der Waals surface area contributed by atoms with E-state index in [4.69, 9.17) is 9.31 Å². The van der Waals surface area contributed by atoms with Crippen LogP contribution in [0.5, 0.6) is 0 Å². The van der Waals surface area contributed by atoms with E-state index in [2.05, 4.69) is 56.9 Å². The molecular formula is C24H38BNO2. The summed E-state index contributed by atoms with van der Waals surface area (Å²) in [4.78, 5) is 2.80. The predicted molar refractivity (Wildman–Crippen MR) is 118 cm³/mol. The number of hydrogen-bond acceptors (Lipinski definition) is 3. The molecule has 28 heavy (non-hydrogen) atoms. The van der Waals surface area contributed by atoms with Crippen LogP contribution in [0.2, 0.25) is 0 Å². The molecule has 2 saturated carbocycles. The molecule has 0 atom stereocenters. The smallest absolute Gasteiger partial charge is 0.399 e. The van der Waals surface area contributed by atoms with E-state index in [1.165, 1.54) is 69.9 Å². The Bertz CT molecular complexity index is 628. The second kappa shape index (κ2) is 8.03. The third-order valence-electron chi connectivity index (χ3n) is 7.63. The summed E-state index contributed by atoms with van der Waals surface area (Å²) in [6.07, 6.45) is 13.7. The Morgan fingerprint density at radius 1 is 0.786 bits per heavy atom. The van der Waals surface area contributed by atoms with Crippen molar-refractivity contribution in [1.82, 2.24) is 0 Å². The fraction of sp³-hybridized carbons (Fsp3) is 0.750. The topological polar surface area (TPSA) is 21.7 Å². The lowest BCUT2D eigenvalue weighted by Gasteiger charge is -2.43. The molecule has 3 aliphatic rings. The monoisotopic (exact) mass is 383 g/mol. The van der Waals surface area contributed by atoms with Gasteiger partial charge in [0.1, 0.15) is 0 Å². The number of anilines is 1. The molecule has 0 unspecified atom stereocenters. The second-order valence-corrected chi connectivity index (χ2v) is 10.2. The molecule has 2 aliphatic carbocycles. The first-order valence-corrected chi connectivity index (χ1v) is 11.6. The van der Waals surface area contributed by atoms with Crippen LogP contribution >= 0.6 is 0 Å². The minimum absolute atomic E-state index is 0.274. The molecule has 0 spiro atoms. The highest BCUT2D eigenvalue weighted by molar-refractivity contribution is 6.62. The summed E-state index contributed by atoms with van der Waals surface area (Å²) in [5, 5.41) is 0. The van der Waals surface area contributed by atoms with E-state index < -0.39 is 0 Å². The molecule has 1 heterocycles. The highest BCUT2D eigenvalue weighted by Gasteiger charge is 2.51. The SMILES string of the molecule is CC1(C)OB(c2cccc(N(C3CCCCC3)C3CCCCC3)c2)OC1(C)C. The largest absolute Gasteiger partial charge is 0.494 e. The number of benzene rings is 1. The van der Waals surface area contributed by atoms with Crippen molar-refractivity contribution in [1.29, 1.82) is 0 Å². The van der Waals surface area contributed by atoms with E-state index in [-0.39, 0.29) is 18.3 Å². The van der Waals surface area contributed by atoms with Gasteiger partial charge in [-0.15, -0.1) is 0 Å². The molecule has 0 bridgehead atoms. The van der Waals surface area contributed by atoms with Gasteiger partial charge in [0.15, 0.2) is 0 Å². The lowest BCUT2D eigenvalue weighted by Crippen LogP contribution is -2.46. The van der Waals surface area contributed by atoms with Gasteiger partial charge in [-0.2, -0.15) is 0 Å². The standard InChI is InChI=1S/C24H38BNO2/c1-23(2)24(3,4)28-25(27-23)19-12-11-17-22(18-19)26(20-13-7-5-8-14-20)21-15-9-6-10-16-21/h11-12,17-18,20-21H,5-10,13-16H2,1-4H3. The van der Waals surface area contributed by atoms with E-state index >= 15 is 0 Å². The molecule has 1 saturated heterocycles. The molecule has 3 fully saturated rings. The van der Waals surface area contributed by atoms with Gasteiger partial charge >= 0.3 is 7.12 Å². The first-order valence-electron chi connectivity index (χ1n) is 11.6. The Hall–Kier alpha value is -0.995. The van der Waals surface area contributed by atoms with Gasteiger partial charge in [-0.05, 0) is 71.0 Å². The minimum Gasteiger partial charge on any atom is -0.399 e. The Morgan fingerprint density at radius 2 is 1.29 bits per heavy atom. The first-order chi connectivity index (χ1) is 13.4. The maximum absolute atomic E-state index is 6.34. The highest BCUT2D eigenvalue weighted by atomic mass is 16.7. The Balaban J connectivity index is 1.61. The zero-order valence-electron chi connectivity index (χ0n) is 18.4. The molecule has 0 radical (unpaired) electrons. The van der Waals surface area contributed by atoms with Crippen LogP contribution in [-0.4, -0.2) is 30.4 Å². The van der Waals surface area contributed by atoms with Crippen LogP contribution in [0.25, 0.3) is 0 Å². The van der Waals surface area contributed by atoms with E-state index in [0.717, 1.165) is 5.46 Å². The molecule has 1 aliphatic heterocycles.